The molecule has 3 aromatic rings. The van der Waals surface area contributed by atoms with Crippen LogP contribution in [0.25, 0.3) is 11.1 Å². The zero-order valence-corrected chi connectivity index (χ0v) is 21.2. The maximum atomic E-state index is 13.7. The third-order valence-corrected chi connectivity index (χ3v) is 8.27. The van der Waals surface area contributed by atoms with Crippen LogP contribution in [0.1, 0.15) is 36.5 Å². The van der Waals surface area contributed by atoms with E-state index in [4.69, 9.17) is 9.84 Å². The number of fused-ring (bicyclic) bond motifs is 1. The number of aryl methyl sites for hydroxylation is 1. The minimum absolute atomic E-state index is 0.0508. The van der Waals surface area contributed by atoms with Gasteiger partial charge in [-0.05, 0) is 77.6 Å². The van der Waals surface area contributed by atoms with Gasteiger partial charge in [0.2, 0.25) is 0 Å². The van der Waals surface area contributed by atoms with Crippen LogP contribution in [0, 0.1) is 12.8 Å². The van der Waals surface area contributed by atoms with Gasteiger partial charge in [0.05, 0.1) is 16.1 Å². The number of nitrogens with zero attached hydrogens (tertiary/aromatic N) is 1. The summed E-state index contributed by atoms with van der Waals surface area (Å²) in [5.74, 6) is -0.863. The molecule has 0 saturated carbocycles. The molecule has 1 atom stereocenters. The Balaban J connectivity index is 1.69. The number of carboxylic acid groups (broad SMARTS) is 1. The molecule has 3 aromatic carbocycles. The molecule has 0 fully saturated rings. The minimum Gasteiger partial charge on any atom is -0.482 e. The molecule has 1 aliphatic heterocycles. The van der Waals surface area contributed by atoms with Crippen molar-refractivity contribution in [3.63, 3.8) is 0 Å². The first-order valence-electron chi connectivity index (χ1n) is 11.6. The Morgan fingerprint density at radius 3 is 2.27 bits per heavy atom. The number of benzene rings is 3. The number of carbonyl (C=O) groups is 1. The first-order valence-corrected chi connectivity index (χ1v) is 13.0. The normalized spacial score (nSPS) is 15.6. The highest BCUT2D eigenvalue weighted by Gasteiger charge is 2.38. The van der Waals surface area contributed by atoms with Crippen molar-refractivity contribution in [2.24, 2.45) is 5.92 Å². The van der Waals surface area contributed by atoms with E-state index in [-0.39, 0.29) is 29.0 Å². The predicted octanol–water partition coefficient (Wildman–Crippen LogP) is 6.09. The molecule has 0 aliphatic carbocycles. The van der Waals surface area contributed by atoms with Crippen LogP contribution in [0.2, 0.25) is 0 Å². The van der Waals surface area contributed by atoms with E-state index >= 15 is 0 Å². The van der Waals surface area contributed by atoms with Gasteiger partial charge in [0, 0.05) is 12.5 Å². The van der Waals surface area contributed by atoms with Crippen molar-refractivity contribution < 1.29 is 36.2 Å². The Morgan fingerprint density at radius 1 is 1.05 bits per heavy atom. The summed E-state index contributed by atoms with van der Waals surface area (Å²) in [6.07, 6.45) is -4.42. The number of carboxylic acids is 1. The molecule has 6 nitrogen and oxygen atoms in total. The van der Waals surface area contributed by atoms with E-state index in [1.807, 2.05) is 19.9 Å². The molecule has 1 heterocycles. The SMILES string of the molecule is Cc1cc(S(=O)(=O)N2CC(C(C)C)c3cc(-c4ccc(C(F)(F)F)cc4)ccc32)ccc1OCC(=O)O. The van der Waals surface area contributed by atoms with E-state index < -0.39 is 34.3 Å². The summed E-state index contributed by atoms with van der Waals surface area (Å²) in [7, 11) is -3.95. The van der Waals surface area contributed by atoms with Gasteiger partial charge >= 0.3 is 12.1 Å². The van der Waals surface area contributed by atoms with E-state index in [1.165, 1.54) is 34.6 Å². The molecule has 37 heavy (non-hydrogen) atoms. The van der Waals surface area contributed by atoms with Crippen LogP contribution in [-0.2, 0) is 21.0 Å². The summed E-state index contributed by atoms with van der Waals surface area (Å²) in [6, 6.07) is 14.4. The molecule has 0 radical (unpaired) electrons. The van der Waals surface area contributed by atoms with Crippen molar-refractivity contribution in [2.45, 2.75) is 37.8 Å². The average molecular weight is 534 g/mol. The fraction of sp³-hybridized carbons (Fsp3) is 0.296. The fourth-order valence-electron chi connectivity index (χ4n) is 4.49. The van der Waals surface area contributed by atoms with Crippen LogP contribution in [0.4, 0.5) is 18.9 Å². The van der Waals surface area contributed by atoms with Gasteiger partial charge in [0.1, 0.15) is 5.75 Å². The maximum absolute atomic E-state index is 13.7. The number of hydrogen-bond acceptors (Lipinski definition) is 4. The second kappa shape index (κ2) is 9.74. The molecule has 1 N–H and O–H groups in total. The highest BCUT2D eigenvalue weighted by Crippen LogP contribution is 2.45. The van der Waals surface area contributed by atoms with Crippen LogP contribution in [0.3, 0.4) is 0 Å². The first-order chi connectivity index (χ1) is 17.3. The van der Waals surface area contributed by atoms with Gasteiger partial charge in [0.25, 0.3) is 10.0 Å². The van der Waals surface area contributed by atoms with Gasteiger partial charge in [-0.25, -0.2) is 13.2 Å². The lowest BCUT2D eigenvalue weighted by atomic mass is 9.88. The Bertz CT molecular complexity index is 1430. The smallest absolute Gasteiger partial charge is 0.416 e. The second-order valence-corrected chi connectivity index (χ2v) is 11.2. The molecule has 0 spiro atoms. The molecule has 10 heteroatoms. The van der Waals surface area contributed by atoms with Crippen molar-refractivity contribution in [3.8, 4) is 16.9 Å². The number of rotatable bonds is 7. The number of alkyl halides is 3. The third-order valence-electron chi connectivity index (χ3n) is 6.49. The summed E-state index contributed by atoms with van der Waals surface area (Å²) in [4.78, 5) is 10.8. The number of ether oxygens (including phenoxy) is 1. The first kappa shape index (κ1) is 26.5. The maximum Gasteiger partial charge on any atom is 0.416 e. The van der Waals surface area contributed by atoms with E-state index in [0.717, 1.165) is 17.7 Å². The number of halogens is 3. The van der Waals surface area contributed by atoms with Gasteiger partial charge < -0.3 is 9.84 Å². The van der Waals surface area contributed by atoms with E-state index in [1.54, 1.807) is 19.1 Å². The van der Waals surface area contributed by atoms with Gasteiger partial charge in [-0.15, -0.1) is 0 Å². The lowest BCUT2D eigenvalue weighted by Crippen LogP contribution is -2.30. The number of hydrogen-bond donors (Lipinski definition) is 1. The molecule has 0 amide bonds. The predicted molar refractivity (Wildman–Crippen MR) is 133 cm³/mol. The van der Waals surface area contributed by atoms with Crippen molar-refractivity contribution in [2.75, 3.05) is 17.5 Å². The van der Waals surface area contributed by atoms with E-state index in [9.17, 15) is 26.4 Å². The van der Waals surface area contributed by atoms with Gasteiger partial charge in [-0.1, -0.05) is 32.0 Å². The van der Waals surface area contributed by atoms with Crippen LogP contribution in [-0.4, -0.2) is 32.6 Å². The molecule has 0 aromatic heterocycles. The van der Waals surface area contributed by atoms with Crippen LogP contribution < -0.4 is 9.04 Å². The topological polar surface area (TPSA) is 83.9 Å². The Morgan fingerprint density at radius 2 is 1.70 bits per heavy atom. The molecular weight excluding hydrogens is 507 g/mol. The molecule has 1 aliphatic rings. The molecule has 4 rings (SSSR count). The largest absolute Gasteiger partial charge is 0.482 e. The zero-order chi connectivity index (χ0) is 27.1. The lowest BCUT2D eigenvalue weighted by molar-refractivity contribution is -0.139. The summed E-state index contributed by atoms with van der Waals surface area (Å²) in [5, 5.41) is 8.82. The Kier molecular flexibility index (Phi) is 6.98. The van der Waals surface area contributed by atoms with Crippen molar-refractivity contribution in [3.05, 3.63) is 77.4 Å². The number of aliphatic carboxylic acids is 1. The van der Waals surface area contributed by atoms with Crippen LogP contribution in [0.5, 0.6) is 5.75 Å². The van der Waals surface area contributed by atoms with Crippen LogP contribution in [0.15, 0.2) is 65.6 Å². The highest BCUT2D eigenvalue weighted by atomic mass is 32.2. The molecule has 0 bridgehead atoms. The average Bonchev–Trinajstić information content (AvgIpc) is 3.23. The standard InChI is InChI=1S/C27H26F3NO5S/c1-16(2)23-14-31(37(34,35)21-9-11-25(17(3)12-21)36-15-26(32)33)24-10-6-19(13-22(23)24)18-4-7-20(8-5-18)27(28,29)30/h4-13,16,23H,14-15H2,1-3H3,(H,32,33). The summed E-state index contributed by atoms with van der Waals surface area (Å²) in [5.41, 5.74) is 2.40. The summed E-state index contributed by atoms with van der Waals surface area (Å²) in [6.45, 7) is 5.31. The van der Waals surface area contributed by atoms with Crippen molar-refractivity contribution in [1.29, 1.82) is 0 Å². The summed E-state index contributed by atoms with van der Waals surface area (Å²) >= 11 is 0. The monoisotopic (exact) mass is 533 g/mol. The van der Waals surface area contributed by atoms with Gasteiger partial charge in [-0.2, -0.15) is 13.2 Å². The van der Waals surface area contributed by atoms with Crippen molar-refractivity contribution in [1.82, 2.24) is 0 Å². The Labute approximate surface area is 213 Å². The lowest BCUT2D eigenvalue weighted by Gasteiger charge is -2.21. The number of anilines is 1. The van der Waals surface area contributed by atoms with Gasteiger partial charge in [0.15, 0.2) is 6.61 Å². The van der Waals surface area contributed by atoms with Crippen LogP contribution >= 0.6 is 0 Å². The van der Waals surface area contributed by atoms with Crippen molar-refractivity contribution >= 4 is 21.7 Å². The fourth-order valence-corrected chi connectivity index (χ4v) is 6.10. The highest BCUT2D eigenvalue weighted by molar-refractivity contribution is 7.92. The molecule has 196 valence electrons. The zero-order valence-electron chi connectivity index (χ0n) is 20.4. The Hall–Kier alpha value is -3.53. The van der Waals surface area contributed by atoms with E-state index in [0.29, 0.717) is 22.4 Å². The molecule has 0 saturated heterocycles. The van der Waals surface area contributed by atoms with E-state index in [2.05, 4.69) is 0 Å². The quantitative estimate of drug-likeness (QED) is 0.397. The molecule has 1 unspecified atom stereocenters. The van der Waals surface area contributed by atoms with Gasteiger partial charge in [-0.3, -0.25) is 4.31 Å². The summed E-state index contributed by atoms with van der Waals surface area (Å²) < 4.78 is 72.8. The number of sulfonamides is 1. The molecular formula is C27H26F3NO5S. The minimum atomic E-state index is -4.42. The third kappa shape index (κ3) is 5.29. The second-order valence-electron chi connectivity index (χ2n) is 9.35.